The number of nitrogens with two attached hydrogens (primary N) is 1. The molecule has 1 heterocycles. The van der Waals surface area contributed by atoms with Gasteiger partial charge in [0, 0.05) is 12.6 Å². The highest BCUT2D eigenvalue weighted by atomic mass is 15.1. The monoisotopic (exact) mass is 227 g/mol. The Balaban J connectivity index is 2.31. The van der Waals surface area contributed by atoms with Crippen LogP contribution in [0.2, 0.25) is 0 Å². The van der Waals surface area contributed by atoms with E-state index < -0.39 is 0 Å². The topological polar surface area (TPSA) is 41.3 Å². The van der Waals surface area contributed by atoms with Crippen molar-refractivity contribution < 1.29 is 0 Å². The van der Waals surface area contributed by atoms with Crippen molar-refractivity contribution in [1.29, 1.82) is 0 Å². The molecule has 1 aliphatic heterocycles. The van der Waals surface area contributed by atoms with E-state index in [4.69, 9.17) is 5.73 Å². The number of nitrogens with one attached hydrogen (secondary N) is 1. The maximum absolute atomic E-state index is 5.80. The van der Waals surface area contributed by atoms with Gasteiger partial charge in [-0.1, -0.05) is 20.8 Å². The first-order valence-electron chi connectivity index (χ1n) is 6.66. The van der Waals surface area contributed by atoms with Crippen molar-refractivity contribution in [3.8, 4) is 0 Å². The Bertz CT molecular complexity index is 194. The molecule has 3 atom stereocenters. The van der Waals surface area contributed by atoms with Crippen molar-refractivity contribution in [2.24, 2.45) is 23.5 Å². The second-order valence-electron chi connectivity index (χ2n) is 5.78. The number of piperidine rings is 1. The summed E-state index contributed by atoms with van der Waals surface area (Å²) in [6.45, 7) is 11.2. The van der Waals surface area contributed by atoms with Crippen LogP contribution in [-0.2, 0) is 0 Å². The number of likely N-dealkylation sites (tertiary alicyclic amines) is 1. The van der Waals surface area contributed by atoms with Crippen LogP contribution >= 0.6 is 0 Å². The molecule has 1 fully saturated rings. The van der Waals surface area contributed by atoms with E-state index >= 15 is 0 Å². The van der Waals surface area contributed by atoms with Gasteiger partial charge in [0.15, 0.2) is 0 Å². The van der Waals surface area contributed by atoms with Gasteiger partial charge < -0.3 is 16.0 Å². The maximum atomic E-state index is 5.80. The van der Waals surface area contributed by atoms with Gasteiger partial charge in [-0.3, -0.25) is 0 Å². The van der Waals surface area contributed by atoms with E-state index in [2.05, 4.69) is 38.0 Å². The van der Waals surface area contributed by atoms with E-state index in [0.29, 0.717) is 17.9 Å². The molecule has 1 rings (SSSR count). The molecular formula is C13H29N3. The summed E-state index contributed by atoms with van der Waals surface area (Å²) < 4.78 is 0. The Morgan fingerprint density at radius 1 is 1.44 bits per heavy atom. The van der Waals surface area contributed by atoms with Gasteiger partial charge in [-0.15, -0.1) is 0 Å². The van der Waals surface area contributed by atoms with Crippen molar-refractivity contribution in [3.63, 3.8) is 0 Å². The van der Waals surface area contributed by atoms with Gasteiger partial charge in [0.05, 0.1) is 0 Å². The van der Waals surface area contributed by atoms with Crippen LogP contribution in [0.25, 0.3) is 0 Å². The van der Waals surface area contributed by atoms with Crippen LogP contribution in [0, 0.1) is 17.8 Å². The molecule has 0 radical (unpaired) electrons. The predicted molar refractivity (Wildman–Crippen MR) is 70.5 cm³/mol. The summed E-state index contributed by atoms with van der Waals surface area (Å²) in [5, 5.41) is 3.72. The lowest BCUT2D eigenvalue weighted by Crippen LogP contribution is -2.49. The zero-order chi connectivity index (χ0) is 12.1. The highest BCUT2D eigenvalue weighted by Crippen LogP contribution is 2.16. The number of rotatable bonds is 5. The number of hydrogen-bond acceptors (Lipinski definition) is 3. The van der Waals surface area contributed by atoms with E-state index in [1.807, 2.05) is 0 Å². The second kappa shape index (κ2) is 6.58. The molecule has 0 bridgehead atoms. The molecule has 3 nitrogen and oxygen atoms in total. The van der Waals surface area contributed by atoms with Crippen LogP contribution in [0.1, 0.15) is 27.2 Å². The van der Waals surface area contributed by atoms with Crippen LogP contribution in [0.5, 0.6) is 0 Å². The summed E-state index contributed by atoms with van der Waals surface area (Å²) >= 11 is 0. The Morgan fingerprint density at radius 2 is 2.12 bits per heavy atom. The molecule has 16 heavy (non-hydrogen) atoms. The molecule has 96 valence electrons. The molecule has 0 saturated carbocycles. The molecule has 0 aliphatic carbocycles. The van der Waals surface area contributed by atoms with Gasteiger partial charge in [-0.2, -0.15) is 0 Å². The molecular weight excluding hydrogens is 198 g/mol. The van der Waals surface area contributed by atoms with Gasteiger partial charge in [0.25, 0.3) is 0 Å². The van der Waals surface area contributed by atoms with E-state index in [1.54, 1.807) is 0 Å². The first-order chi connectivity index (χ1) is 7.54. The maximum Gasteiger partial charge on any atom is 0.0117 e. The van der Waals surface area contributed by atoms with Crippen molar-refractivity contribution in [3.05, 3.63) is 0 Å². The molecule has 3 heteroatoms. The van der Waals surface area contributed by atoms with E-state index in [-0.39, 0.29) is 0 Å². The molecule has 0 amide bonds. The fraction of sp³-hybridized carbons (Fsp3) is 1.00. The van der Waals surface area contributed by atoms with Crippen LogP contribution in [0.4, 0.5) is 0 Å². The van der Waals surface area contributed by atoms with E-state index in [0.717, 1.165) is 19.0 Å². The minimum Gasteiger partial charge on any atom is -0.330 e. The second-order valence-corrected chi connectivity index (χ2v) is 5.78. The lowest BCUT2D eigenvalue weighted by molar-refractivity contribution is 0.168. The summed E-state index contributed by atoms with van der Waals surface area (Å²) in [5.41, 5.74) is 5.80. The zero-order valence-electron chi connectivity index (χ0n) is 11.4. The molecule has 0 aromatic carbocycles. The molecule has 0 spiro atoms. The Labute approximate surface area is 101 Å². The van der Waals surface area contributed by atoms with Crippen molar-refractivity contribution in [1.82, 2.24) is 10.2 Å². The van der Waals surface area contributed by atoms with Gasteiger partial charge in [0.2, 0.25) is 0 Å². The highest BCUT2D eigenvalue weighted by Gasteiger charge is 2.24. The standard InChI is InChI=1S/C13H29N3/c1-10(2)12(7-14)8-15-13-5-6-16(4)9-11(13)3/h10-13,15H,5-9,14H2,1-4H3. The van der Waals surface area contributed by atoms with Crippen molar-refractivity contribution >= 4 is 0 Å². The smallest absolute Gasteiger partial charge is 0.0117 e. The minimum absolute atomic E-state index is 0.617. The summed E-state index contributed by atoms with van der Waals surface area (Å²) in [7, 11) is 2.21. The lowest BCUT2D eigenvalue weighted by Gasteiger charge is -2.36. The molecule has 3 N–H and O–H groups in total. The molecule has 0 aromatic heterocycles. The highest BCUT2D eigenvalue weighted by molar-refractivity contribution is 4.82. The van der Waals surface area contributed by atoms with Crippen LogP contribution in [0.3, 0.4) is 0 Å². The molecule has 1 aliphatic rings. The van der Waals surface area contributed by atoms with Gasteiger partial charge in [-0.25, -0.2) is 0 Å². The quantitative estimate of drug-likeness (QED) is 0.740. The van der Waals surface area contributed by atoms with Crippen LogP contribution < -0.4 is 11.1 Å². The summed E-state index contributed by atoms with van der Waals surface area (Å²) in [6.07, 6.45) is 1.27. The average molecular weight is 227 g/mol. The van der Waals surface area contributed by atoms with Gasteiger partial charge in [-0.05, 0) is 50.9 Å². The molecule has 0 aromatic rings. The van der Waals surface area contributed by atoms with Crippen LogP contribution in [0.15, 0.2) is 0 Å². The predicted octanol–water partition coefficient (Wildman–Crippen LogP) is 1.15. The first-order valence-corrected chi connectivity index (χ1v) is 6.66. The third-order valence-corrected chi connectivity index (χ3v) is 4.00. The van der Waals surface area contributed by atoms with Gasteiger partial charge >= 0.3 is 0 Å². The number of hydrogen-bond donors (Lipinski definition) is 2. The van der Waals surface area contributed by atoms with Crippen LogP contribution in [-0.4, -0.2) is 44.2 Å². The Kier molecular flexibility index (Phi) is 5.73. The first kappa shape index (κ1) is 13.9. The summed E-state index contributed by atoms with van der Waals surface area (Å²) in [5.74, 6) is 2.05. The summed E-state index contributed by atoms with van der Waals surface area (Å²) in [6, 6.07) is 0.684. The molecule has 1 saturated heterocycles. The van der Waals surface area contributed by atoms with Crippen molar-refractivity contribution in [2.45, 2.75) is 33.2 Å². The van der Waals surface area contributed by atoms with E-state index in [1.165, 1.54) is 19.5 Å². The largest absolute Gasteiger partial charge is 0.330 e. The SMILES string of the molecule is CC(C)C(CN)CNC1CCN(C)CC1C. The fourth-order valence-electron chi connectivity index (χ4n) is 2.55. The third kappa shape index (κ3) is 4.04. The average Bonchev–Trinajstić information content (AvgIpc) is 2.21. The minimum atomic E-state index is 0.617. The van der Waals surface area contributed by atoms with Gasteiger partial charge in [0.1, 0.15) is 0 Å². The summed E-state index contributed by atoms with van der Waals surface area (Å²) in [4.78, 5) is 2.42. The van der Waals surface area contributed by atoms with E-state index in [9.17, 15) is 0 Å². The Hall–Kier alpha value is -0.120. The number of nitrogens with zero attached hydrogens (tertiary/aromatic N) is 1. The fourth-order valence-corrected chi connectivity index (χ4v) is 2.55. The Morgan fingerprint density at radius 3 is 2.62 bits per heavy atom. The van der Waals surface area contributed by atoms with Crippen molar-refractivity contribution in [2.75, 3.05) is 33.2 Å². The zero-order valence-corrected chi connectivity index (χ0v) is 11.4. The lowest BCUT2D eigenvalue weighted by atomic mass is 9.91. The molecule has 3 unspecified atom stereocenters. The third-order valence-electron chi connectivity index (χ3n) is 4.00. The normalized spacial score (nSPS) is 29.6.